The van der Waals surface area contributed by atoms with Gasteiger partial charge < -0.3 is 0 Å². The third kappa shape index (κ3) is 2.96. The first-order chi connectivity index (χ1) is 4.79. The van der Waals surface area contributed by atoms with E-state index in [1.54, 1.807) is 6.92 Å². The van der Waals surface area contributed by atoms with Gasteiger partial charge in [0.05, 0.1) is 0 Å². The molecule has 4 nitrogen and oxygen atoms in total. The lowest BCUT2D eigenvalue weighted by molar-refractivity contribution is 0.926. The second-order valence-corrected chi connectivity index (χ2v) is 1.39. The summed E-state index contributed by atoms with van der Waals surface area (Å²) in [5.74, 6) is 0.588. The number of H-pyrrole nitrogens is 1. The lowest BCUT2D eigenvalue weighted by atomic mass is 10.7. The van der Waals surface area contributed by atoms with Crippen LogP contribution in [0.3, 0.4) is 0 Å². The Morgan fingerprint density at radius 2 is 2.00 bits per heavy atom. The monoisotopic (exact) mass is 141 g/mol. The van der Waals surface area contributed by atoms with E-state index in [-0.39, 0.29) is 5.69 Å². The van der Waals surface area contributed by atoms with Crippen molar-refractivity contribution in [3.05, 3.63) is 22.6 Å². The average Bonchev–Trinajstić information content (AvgIpc) is 1.91. The lowest BCUT2D eigenvalue weighted by Gasteiger charge is -1.83. The quantitative estimate of drug-likeness (QED) is 0.572. The van der Waals surface area contributed by atoms with Crippen molar-refractivity contribution >= 4 is 0 Å². The maximum absolute atomic E-state index is 10.3. The standard InChI is InChI=1S/C4H5N3O.C2H6/c1-3-5-2-6-4(8)7-3;1-2/h2H,1H3,(H,5,6,7,8);1-2H3. The van der Waals surface area contributed by atoms with Crippen LogP contribution in [0.2, 0.25) is 0 Å². The third-order valence-electron chi connectivity index (χ3n) is 0.714. The predicted molar refractivity (Wildman–Crippen MR) is 38.7 cm³/mol. The van der Waals surface area contributed by atoms with E-state index >= 15 is 0 Å². The van der Waals surface area contributed by atoms with Gasteiger partial charge >= 0.3 is 5.69 Å². The molecule has 0 fully saturated rings. The third-order valence-corrected chi connectivity index (χ3v) is 0.714. The van der Waals surface area contributed by atoms with Crippen LogP contribution in [0.4, 0.5) is 0 Å². The zero-order valence-corrected chi connectivity index (χ0v) is 6.38. The molecule has 10 heavy (non-hydrogen) atoms. The molecular weight excluding hydrogens is 130 g/mol. The van der Waals surface area contributed by atoms with Crippen LogP contribution < -0.4 is 5.69 Å². The summed E-state index contributed by atoms with van der Waals surface area (Å²) >= 11 is 0. The molecule has 0 bridgehead atoms. The van der Waals surface area contributed by atoms with Crippen molar-refractivity contribution in [2.45, 2.75) is 20.8 Å². The highest BCUT2D eigenvalue weighted by Crippen LogP contribution is 1.70. The number of hydrogen-bond acceptors (Lipinski definition) is 3. The van der Waals surface area contributed by atoms with Crippen molar-refractivity contribution in [2.75, 3.05) is 0 Å². The Hall–Kier alpha value is -1.19. The Balaban J connectivity index is 0.000000371. The first-order valence-corrected chi connectivity index (χ1v) is 3.17. The Morgan fingerprint density at radius 3 is 2.30 bits per heavy atom. The van der Waals surface area contributed by atoms with Gasteiger partial charge in [0.15, 0.2) is 0 Å². The molecule has 0 atom stereocenters. The normalized spacial score (nSPS) is 7.90. The molecule has 0 radical (unpaired) electrons. The second-order valence-electron chi connectivity index (χ2n) is 1.39. The van der Waals surface area contributed by atoms with Gasteiger partial charge in [-0.3, -0.25) is 4.98 Å². The van der Waals surface area contributed by atoms with Gasteiger partial charge in [0.1, 0.15) is 12.2 Å². The molecule has 4 heteroatoms. The zero-order chi connectivity index (χ0) is 7.98. The number of rotatable bonds is 0. The van der Waals surface area contributed by atoms with Gasteiger partial charge in [-0.25, -0.2) is 9.78 Å². The number of aromatic amines is 1. The van der Waals surface area contributed by atoms with E-state index in [2.05, 4.69) is 15.0 Å². The smallest absolute Gasteiger partial charge is 0.294 e. The maximum atomic E-state index is 10.3. The van der Waals surface area contributed by atoms with E-state index < -0.39 is 0 Å². The van der Waals surface area contributed by atoms with Crippen LogP contribution in [0.15, 0.2) is 11.1 Å². The Morgan fingerprint density at radius 1 is 1.40 bits per heavy atom. The minimum absolute atomic E-state index is 0.350. The lowest BCUT2D eigenvalue weighted by Crippen LogP contribution is -2.11. The van der Waals surface area contributed by atoms with E-state index in [0.29, 0.717) is 5.82 Å². The van der Waals surface area contributed by atoms with Crippen molar-refractivity contribution in [1.82, 2.24) is 15.0 Å². The minimum atomic E-state index is -0.350. The van der Waals surface area contributed by atoms with Crippen LogP contribution in [0.25, 0.3) is 0 Å². The van der Waals surface area contributed by atoms with E-state index in [9.17, 15) is 4.79 Å². The number of aryl methyl sites for hydroxylation is 1. The molecule has 0 aliphatic carbocycles. The largest absolute Gasteiger partial charge is 0.347 e. The van der Waals surface area contributed by atoms with E-state index in [1.807, 2.05) is 13.8 Å². The first-order valence-electron chi connectivity index (χ1n) is 3.17. The molecule has 56 valence electrons. The van der Waals surface area contributed by atoms with Gasteiger partial charge in [-0.2, -0.15) is 4.98 Å². The summed E-state index contributed by atoms with van der Waals surface area (Å²) in [5, 5.41) is 0. The van der Waals surface area contributed by atoms with Crippen LogP contribution >= 0.6 is 0 Å². The molecule has 1 heterocycles. The van der Waals surface area contributed by atoms with Crippen LogP contribution in [0.1, 0.15) is 19.7 Å². The van der Waals surface area contributed by atoms with Crippen LogP contribution in [-0.2, 0) is 0 Å². The molecule has 0 aromatic carbocycles. The molecule has 0 aliphatic rings. The highest BCUT2D eigenvalue weighted by Gasteiger charge is 1.81. The molecule has 0 aliphatic heterocycles. The summed E-state index contributed by atoms with van der Waals surface area (Å²) in [4.78, 5) is 19.7. The Bertz CT molecular complexity index is 230. The summed E-state index contributed by atoms with van der Waals surface area (Å²) in [6, 6.07) is 0. The molecule has 1 rings (SSSR count). The molecule has 0 spiro atoms. The van der Waals surface area contributed by atoms with E-state index in [4.69, 9.17) is 0 Å². The molecule has 1 aromatic rings. The van der Waals surface area contributed by atoms with Gasteiger partial charge in [-0.15, -0.1) is 0 Å². The summed E-state index contributed by atoms with van der Waals surface area (Å²) in [6.45, 7) is 5.70. The highest BCUT2D eigenvalue weighted by molar-refractivity contribution is 4.74. The average molecular weight is 141 g/mol. The second kappa shape index (κ2) is 4.67. The van der Waals surface area contributed by atoms with Crippen molar-refractivity contribution in [2.24, 2.45) is 0 Å². The van der Waals surface area contributed by atoms with E-state index in [0.717, 1.165) is 0 Å². The fraction of sp³-hybridized carbons (Fsp3) is 0.500. The maximum Gasteiger partial charge on any atom is 0.347 e. The van der Waals surface area contributed by atoms with Crippen molar-refractivity contribution < 1.29 is 0 Å². The van der Waals surface area contributed by atoms with Gasteiger partial charge in [0.2, 0.25) is 0 Å². The summed E-state index contributed by atoms with van der Waals surface area (Å²) < 4.78 is 0. The van der Waals surface area contributed by atoms with Crippen molar-refractivity contribution in [3.63, 3.8) is 0 Å². The van der Waals surface area contributed by atoms with E-state index in [1.165, 1.54) is 6.33 Å². The summed E-state index contributed by atoms with van der Waals surface area (Å²) in [5.41, 5.74) is -0.350. The molecule has 0 saturated heterocycles. The molecule has 1 N–H and O–H groups in total. The van der Waals surface area contributed by atoms with Crippen LogP contribution in [0, 0.1) is 6.92 Å². The fourth-order valence-electron chi connectivity index (χ4n) is 0.387. The minimum Gasteiger partial charge on any atom is -0.294 e. The van der Waals surface area contributed by atoms with Crippen molar-refractivity contribution in [3.8, 4) is 0 Å². The van der Waals surface area contributed by atoms with Gasteiger partial charge in [-0.1, -0.05) is 13.8 Å². The topological polar surface area (TPSA) is 58.6 Å². The molecule has 0 unspecified atom stereocenters. The fourth-order valence-corrected chi connectivity index (χ4v) is 0.387. The highest BCUT2D eigenvalue weighted by atomic mass is 16.1. The number of aromatic nitrogens is 3. The number of hydrogen-bond donors (Lipinski definition) is 1. The van der Waals surface area contributed by atoms with Crippen molar-refractivity contribution in [1.29, 1.82) is 0 Å². The predicted octanol–water partition coefficient (Wildman–Crippen LogP) is 0.500. The Labute approximate surface area is 59.4 Å². The van der Waals surface area contributed by atoms with Gasteiger partial charge in [0, 0.05) is 0 Å². The Kier molecular flexibility index (Phi) is 4.11. The molecule has 0 saturated carbocycles. The van der Waals surface area contributed by atoms with Crippen LogP contribution in [0.5, 0.6) is 0 Å². The first kappa shape index (κ1) is 8.81. The number of nitrogens with one attached hydrogen (secondary N) is 1. The van der Waals surface area contributed by atoms with Gasteiger partial charge in [0.25, 0.3) is 0 Å². The number of nitrogens with zero attached hydrogens (tertiary/aromatic N) is 2. The van der Waals surface area contributed by atoms with Crippen LogP contribution in [-0.4, -0.2) is 15.0 Å². The summed E-state index contributed by atoms with van der Waals surface area (Å²) in [7, 11) is 0. The SMILES string of the molecule is CC.Cc1ncnc(=O)[nH]1. The molecule has 1 aromatic heterocycles. The molecule has 0 amide bonds. The summed E-state index contributed by atoms with van der Waals surface area (Å²) in [6.07, 6.45) is 1.23. The van der Waals surface area contributed by atoms with Gasteiger partial charge in [-0.05, 0) is 6.92 Å². The molecular formula is C6H11N3O. The zero-order valence-electron chi connectivity index (χ0n) is 6.38.